The predicted molar refractivity (Wildman–Crippen MR) is 109 cm³/mol. The highest BCUT2D eigenvalue weighted by Gasteiger charge is 2.23. The molecular formula is C20H21ClFN3O2S. The molecule has 0 radical (unpaired) electrons. The standard InChI is InChI=1S/C20H21ClFN3O2S/c1-23-8-10-24(11-9-23)13-15-14-25(20-7-2-16(21)12-19(15)20)28(26,27)18-5-3-17(22)4-6-18/h2-7,12,14H,8-11,13H2,1H3. The molecule has 2 heterocycles. The van der Waals surface area contributed by atoms with E-state index in [1.807, 2.05) is 0 Å². The summed E-state index contributed by atoms with van der Waals surface area (Å²) in [5, 5.41) is 1.38. The van der Waals surface area contributed by atoms with Crippen LogP contribution in [0.5, 0.6) is 0 Å². The topological polar surface area (TPSA) is 45.5 Å². The van der Waals surface area contributed by atoms with Crippen molar-refractivity contribution in [2.45, 2.75) is 11.4 Å². The van der Waals surface area contributed by atoms with Crippen LogP contribution >= 0.6 is 11.6 Å². The zero-order chi connectivity index (χ0) is 19.9. The van der Waals surface area contributed by atoms with E-state index >= 15 is 0 Å². The van der Waals surface area contributed by atoms with Gasteiger partial charge in [0, 0.05) is 49.3 Å². The molecule has 1 saturated heterocycles. The number of nitrogens with zero attached hydrogens (tertiary/aromatic N) is 3. The lowest BCUT2D eigenvalue weighted by Gasteiger charge is -2.32. The van der Waals surface area contributed by atoms with Crippen molar-refractivity contribution in [1.29, 1.82) is 0 Å². The fourth-order valence-corrected chi connectivity index (χ4v) is 5.09. The Hall–Kier alpha value is -1.93. The van der Waals surface area contributed by atoms with Gasteiger partial charge in [-0.05, 0) is 55.1 Å². The predicted octanol–water partition coefficient (Wildman–Crippen LogP) is 3.42. The molecule has 0 bridgehead atoms. The van der Waals surface area contributed by atoms with Gasteiger partial charge in [0.05, 0.1) is 10.4 Å². The maximum Gasteiger partial charge on any atom is 0.268 e. The summed E-state index contributed by atoms with van der Waals surface area (Å²) in [7, 11) is -1.75. The van der Waals surface area contributed by atoms with Crippen molar-refractivity contribution in [1.82, 2.24) is 13.8 Å². The van der Waals surface area contributed by atoms with E-state index in [1.165, 1.54) is 16.1 Å². The number of hydrogen-bond donors (Lipinski definition) is 0. The largest absolute Gasteiger partial charge is 0.304 e. The van der Waals surface area contributed by atoms with Gasteiger partial charge in [-0.2, -0.15) is 0 Å². The van der Waals surface area contributed by atoms with E-state index in [-0.39, 0.29) is 4.90 Å². The van der Waals surface area contributed by atoms with Gasteiger partial charge in [0.15, 0.2) is 0 Å². The molecule has 0 aliphatic carbocycles. The molecule has 0 amide bonds. The van der Waals surface area contributed by atoms with Crippen LogP contribution in [0.15, 0.2) is 53.6 Å². The average molecular weight is 422 g/mol. The maximum absolute atomic E-state index is 13.2. The maximum atomic E-state index is 13.2. The molecule has 0 spiro atoms. The van der Waals surface area contributed by atoms with Crippen LogP contribution < -0.4 is 0 Å². The zero-order valence-corrected chi connectivity index (χ0v) is 17.0. The monoisotopic (exact) mass is 421 g/mol. The smallest absolute Gasteiger partial charge is 0.268 e. The molecule has 3 aromatic rings. The van der Waals surface area contributed by atoms with Crippen molar-refractivity contribution in [3.63, 3.8) is 0 Å². The Balaban J connectivity index is 1.78. The first-order chi connectivity index (χ1) is 13.3. The Morgan fingerprint density at radius 1 is 1.04 bits per heavy atom. The fraction of sp³-hybridized carbons (Fsp3) is 0.300. The van der Waals surface area contributed by atoms with E-state index in [2.05, 4.69) is 16.8 Å². The number of halogens is 2. The highest BCUT2D eigenvalue weighted by atomic mass is 35.5. The first kappa shape index (κ1) is 19.4. The van der Waals surface area contributed by atoms with Gasteiger partial charge in [-0.15, -0.1) is 0 Å². The van der Waals surface area contributed by atoms with E-state index in [9.17, 15) is 12.8 Å². The van der Waals surface area contributed by atoms with Crippen LogP contribution in [-0.4, -0.2) is 55.4 Å². The first-order valence-corrected chi connectivity index (χ1v) is 10.9. The van der Waals surface area contributed by atoms with Crippen molar-refractivity contribution in [3.05, 3.63) is 65.1 Å². The number of aromatic nitrogens is 1. The van der Waals surface area contributed by atoms with Crippen molar-refractivity contribution in [2.24, 2.45) is 0 Å². The quantitative estimate of drug-likeness (QED) is 0.647. The molecule has 0 N–H and O–H groups in total. The first-order valence-electron chi connectivity index (χ1n) is 9.06. The zero-order valence-electron chi connectivity index (χ0n) is 15.5. The number of benzene rings is 2. The van der Waals surface area contributed by atoms with Gasteiger partial charge in [-0.1, -0.05) is 11.6 Å². The van der Waals surface area contributed by atoms with Crippen LogP contribution in [0.1, 0.15) is 5.56 Å². The average Bonchev–Trinajstić information content (AvgIpc) is 3.02. The minimum absolute atomic E-state index is 0.0481. The van der Waals surface area contributed by atoms with E-state index < -0.39 is 15.8 Å². The van der Waals surface area contributed by atoms with Crippen LogP contribution in [0.2, 0.25) is 5.02 Å². The van der Waals surface area contributed by atoms with Crippen LogP contribution in [-0.2, 0) is 16.6 Å². The summed E-state index contributed by atoms with van der Waals surface area (Å²) in [4.78, 5) is 4.63. The normalized spacial score (nSPS) is 16.7. The second-order valence-corrected chi connectivity index (χ2v) is 9.40. The van der Waals surface area contributed by atoms with Crippen molar-refractivity contribution >= 4 is 32.5 Å². The Morgan fingerprint density at radius 2 is 1.71 bits per heavy atom. The highest BCUT2D eigenvalue weighted by Crippen LogP contribution is 2.29. The highest BCUT2D eigenvalue weighted by molar-refractivity contribution is 7.90. The van der Waals surface area contributed by atoms with Crippen LogP contribution in [0.25, 0.3) is 10.9 Å². The van der Waals surface area contributed by atoms with Gasteiger partial charge in [-0.25, -0.2) is 16.8 Å². The molecule has 8 heteroatoms. The van der Waals surface area contributed by atoms with E-state index in [0.29, 0.717) is 17.1 Å². The van der Waals surface area contributed by atoms with Crippen molar-refractivity contribution < 1.29 is 12.8 Å². The summed E-state index contributed by atoms with van der Waals surface area (Å²) in [6.07, 6.45) is 1.66. The Morgan fingerprint density at radius 3 is 2.39 bits per heavy atom. The molecule has 0 saturated carbocycles. The molecule has 1 aliphatic heterocycles. The second-order valence-electron chi connectivity index (χ2n) is 7.15. The molecule has 0 atom stereocenters. The lowest BCUT2D eigenvalue weighted by atomic mass is 10.1. The lowest BCUT2D eigenvalue weighted by Crippen LogP contribution is -2.43. The third-order valence-electron chi connectivity index (χ3n) is 5.18. The molecular weight excluding hydrogens is 401 g/mol. The number of fused-ring (bicyclic) bond motifs is 1. The fourth-order valence-electron chi connectivity index (χ4n) is 3.53. The molecule has 1 aromatic heterocycles. The summed E-state index contributed by atoms with van der Waals surface area (Å²) in [5.41, 5.74) is 1.48. The van der Waals surface area contributed by atoms with Gasteiger partial charge in [0.1, 0.15) is 5.82 Å². The van der Waals surface area contributed by atoms with Gasteiger partial charge >= 0.3 is 0 Å². The summed E-state index contributed by atoms with van der Waals surface area (Å²) in [6, 6.07) is 10.1. The third kappa shape index (κ3) is 3.67. The van der Waals surface area contributed by atoms with E-state index in [1.54, 1.807) is 24.4 Å². The van der Waals surface area contributed by atoms with Crippen LogP contribution in [0, 0.1) is 5.82 Å². The SMILES string of the molecule is CN1CCN(Cc2cn(S(=O)(=O)c3ccc(F)cc3)c3ccc(Cl)cc23)CC1. The van der Waals surface area contributed by atoms with Crippen molar-refractivity contribution in [3.8, 4) is 0 Å². The molecule has 4 rings (SSSR count). The van der Waals surface area contributed by atoms with Gasteiger partial charge in [0.25, 0.3) is 10.0 Å². The van der Waals surface area contributed by atoms with Gasteiger partial charge < -0.3 is 4.90 Å². The minimum atomic E-state index is -3.84. The molecule has 148 valence electrons. The van der Waals surface area contributed by atoms with Crippen LogP contribution in [0.4, 0.5) is 4.39 Å². The minimum Gasteiger partial charge on any atom is -0.304 e. The third-order valence-corrected chi connectivity index (χ3v) is 7.10. The second kappa shape index (κ2) is 7.48. The molecule has 28 heavy (non-hydrogen) atoms. The van der Waals surface area contributed by atoms with Gasteiger partial charge in [-0.3, -0.25) is 4.90 Å². The van der Waals surface area contributed by atoms with Crippen molar-refractivity contribution in [2.75, 3.05) is 33.2 Å². The Labute approximate surface area is 169 Å². The summed E-state index contributed by atoms with van der Waals surface area (Å²) in [6.45, 7) is 4.46. The molecule has 0 unspecified atom stereocenters. The summed E-state index contributed by atoms with van der Waals surface area (Å²) >= 11 is 6.19. The molecule has 5 nitrogen and oxygen atoms in total. The van der Waals surface area contributed by atoms with E-state index in [0.717, 1.165) is 49.3 Å². The summed E-state index contributed by atoms with van der Waals surface area (Å²) < 4.78 is 40.9. The number of piperazine rings is 1. The number of likely N-dealkylation sites (N-methyl/N-ethyl adjacent to an activating group) is 1. The molecule has 2 aromatic carbocycles. The van der Waals surface area contributed by atoms with Crippen LogP contribution in [0.3, 0.4) is 0 Å². The summed E-state index contributed by atoms with van der Waals surface area (Å²) in [5.74, 6) is -0.473. The molecule has 1 aliphatic rings. The Bertz CT molecular complexity index is 1100. The lowest BCUT2D eigenvalue weighted by molar-refractivity contribution is 0.148. The number of rotatable bonds is 4. The number of hydrogen-bond acceptors (Lipinski definition) is 4. The Kier molecular flexibility index (Phi) is 5.18. The van der Waals surface area contributed by atoms with Gasteiger partial charge in [0.2, 0.25) is 0 Å². The van der Waals surface area contributed by atoms with E-state index in [4.69, 9.17) is 11.6 Å². The molecule has 1 fully saturated rings.